The van der Waals surface area contributed by atoms with Gasteiger partial charge >= 0.3 is 0 Å². The van der Waals surface area contributed by atoms with Gasteiger partial charge in [-0.3, -0.25) is 9.78 Å². The largest absolute Gasteiger partial charge is 0.436 e. The molecule has 28 heavy (non-hydrogen) atoms. The van der Waals surface area contributed by atoms with E-state index in [1.54, 1.807) is 24.4 Å². The van der Waals surface area contributed by atoms with Crippen LogP contribution in [0.1, 0.15) is 28.0 Å². The summed E-state index contributed by atoms with van der Waals surface area (Å²) in [6.45, 7) is 2.54. The first-order chi connectivity index (χ1) is 13.7. The second-order valence-corrected chi connectivity index (χ2v) is 6.68. The molecule has 0 aliphatic carbocycles. The summed E-state index contributed by atoms with van der Waals surface area (Å²) in [5.41, 5.74) is 4.87. The Balaban J connectivity index is 1.42. The summed E-state index contributed by atoms with van der Waals surface area (Å²) < 4.78 is 5.83. The summed E-state index contributed by atoms with van der Waals surface area (Å²) in [5, 5.41) is 2.97. The van der Waals surface area contributed by atoms with Crippen molar-refractivity contribution in [2.75, 3.05) is 6.54 Å². The topological polar surface area (TPSA) is 68.0 Å². The van der Waals surface area contributed by atoms with Crippen LogP contribution in [0.5, 0.6) is 0 Å². The summed E-state index contributed by atoms with van der Waals surface area (Å²) >= 11 is 0. The van der Waals surface area contributed by atoms with Crippen molar-refractivity contribution in [2.45, 2.75) is 19.8 Å². The van der Waals surface area contributed by atoms with Crippen LogP contribution in [0.3, 0.4) is 0 Å². The highest BCUT2D eigenvalue weighted by atomic mass is 16.3. The first kappa shape index (κ1) is 17.9. The third-order valence-electron chi connectivity index (χ3n) is 4.66. The van der Waals surface area contributed by atoms with Crippen molar-refractivity contribution in [3.63, 3.8) is 0 Å². The van der Waals surface area contributed by atoms with Gasteiger partial charge in [-0.15, -0.1) is 0 Å². The van der Waals surface area contributed by atoms with Gasteiger partial charge in [-0.2, -0.15) is 0 Å². The molecule has 0 saturated heterocycles. The SMILES string of the molecule is Cc1ncccc1-c1nc2cc(C(=O)NCCCc3ccccc3)ccc2o1. The fourth-order valence-electron chi connectivity index (χ4n) is 3.14. The number of hydrogen-bond acceptors (Lipinski definition) is 4. The number of amides is 1. The van der Waals surface area contributed by atoms with Crippen molar-refractivity contribution in [1.82, 2.24) is 15.3 Å². The molecule has 1 N–H and O–H groups in total. The van der Waals surface area contributed by atoms with Crippen LogP contribution in [0.25, 0.3) is 22.6 Å². The maximum absolute atomic E-state index is 12.5. The number of nitrogens with zero attached hydrogens (tertiary/aromatic N) is 2. The standard InChI is InChI=1S/C23H21N3O2/c1-16-19(10-6-13-24-16)23-26-20-15-18(11-12-21(20)28-23)22(27)25-14-5-9-17-7-3-2-4-8-17/h2-4,6-8,10-13,15H,5,9,14H2,1H3,(H,25,27). The van der Waals surface area contributed by atoms with E-state index in [-0.39, 0.29) is 5.91 Å². The highest BCUT2D eigenvalue weighted by Gasteiger charge is 2.13. The normalized spacial score (nSPS) is 10.9. The number of benzene rings is 2. The maximum Gasteiger partial charge on any atom is 0.251 e. The van der Waals surface area contributed by atoms with E-state index >= 15 is 0 Å². The molecular weight excluding hydrogens is 350 g/mol. The van der Waals surface area contributed by atoms with Crippen LogP contribution < -0.4 is 5.32 Å². The Hall–Kier alpha value is -3.47. The second-order valence-electron chi connectivity index (χ2n) is 6.68. The molecule has 0 unspecified atom stereocenters. The van der Waals surface area contributed by atoms with Crippen LogP contribution in [0.4, 0.5) is 0 Å². The Kier molecular flexibility index (Phi) is 5.15. The molecule has 0 atom stereocenters. The maximum atomic E-state index is 12.5. The molecule has 5 nitrogen and oxygen atoms in total. The molecule has 0 radical (unpaired) electrons. The lowest BCUT2D eigenvalue weighted by molar-refractivity contribution is 0.0953. The van der Waals surface area contributed by atoms with Gasteiger partial charge in [0.1, 0.15) is 5.52 Å². The highest BCUT2D eigenvalue weighted by molar-refractivity contribution is 5.97. The lowest BCUT2D eigenvalue weighted by atomic mass is 10.1. The van der Waals surface area contributed by atoms with Crippen molar-refractivity contribution in [2.24, 2.45) is 0 Å². The van der Waals surface area contributed by atoms with E-state index in [1.165, 1.54) is 5.56 Å². The summed E-state index contributed by atoms with van der Waals surface area (Å²) in [6.07, 6.45) is 3.57. The minimum Gasteiger partial charge on any atom is -0.436 e. The van der Waals surface area contributed by atoms with Crippen LogP contribution in [0.2, 0.25) is 0 Å². The van der Waals surface area contributed by atoms with E-state index in [2.05, 4.69) is 27.4 Å². The summed E-state index contributed by atoms with van der Waals surface area (Å²) in [5.74, 6) is 0.415. The Morgan fingerprint density at radius 1 is 1.07 bits per heavy atom. The van der Waals surface area contributed by atoms with Gasteiger partial charge in [0.2, 0.25) is 5.89 Å². The molecule has 0 bridgehead atoms. The second kappa shape index (κ2) is 8.05. The molecule has 4 rings (SSSR count). The van der Waals surface area contributed by atoms with Gasteiger partial charge in [0.15, 0.2) is 5.58 Å². The van der Waals surface area contributed by atoms with Gasteiger partial charge in [-0.25, -0.2) is 4.98 Å². The highest BCUT2D eigenvalue weighted by Crippen LogP contribution is 2.26. The van der Waals surface area contributed by atoms with E-state index in [4.69, 9.17) is 4.42 Å². The van der Waals surface area contributed by atoms with Crippen molar-refractivity contribution >= 4 is 17.0 Å². The number of aryl methyl sites for hydroxylation is 2. The number of hydrogen-bond donors (Lipinski definition) is 1. The predicted molar refractivity (Wildman–Crippen MR) is 109 cm³/mol. The number of rotatable bonds is 6. The molecule has 5 heteroatoms. The average molecular weight is 371 g/mol. The van der Waals surface area contributed by atoms with Crippen molar-refractivity contribution in [3.8, 4) is 11.5 Å². The molecule has 0 aliphatic rings. The fourth-order valence-corrected chi connectivity index (χ4v) is 3.14. The zero-order chi connectivity index (χ0) is 19.3. The quantitative estimate of drug-likeness (QED) is 0.505. The first-order valence-corrected chi connectivity index (χ1v) is 9.35. The monoisotopic (exact) mass is 371 g/mol. The number of oxazole rings is 1. The molecule has 1 amide bonds. The van der Waals surface area contributed by atoms with Crippen molar-refractivity contribution in [3.05, 3.63) is 83.7 Å². The van der Waals surface area contributed by atoms with Crippen LogP contribution in [-0.4, -0.2) is 22.4 Å². The van der Waals surface area contributed by atoms with Crippen LogP contribution in [-0.2, 0) is 6.42 Å². The van der Waals surface area contributed by atoms with Crippen molar-refractivity contribution in [1.29, 1.82) is 0 Å². The van der Waals surface area contributed by atoms with Gasteiger partial charge in [-0.1, -0.05) is 30.3 Å². The summed E-state index contributed by atoms with van der Waals surface area (Å²) in [6, 6.07) is 19.4. The van der Waals surface area contributed by atoms with Crippen LogP contribution in [0.15, 0.2) is 71.3 Å². The molecule has 2 heterocycles. The van der Waals surface area contributed by atoms with Crippen LogP contribution >= 0.6 is 0 Å². The number of carbonyl (C=O) groups is 1. The zero-order valence-electron chi connectivity index (χ0n) is 15.7. The van der Waals surface area contributed by atoms with Gasteiger partial charge < -0.3 is 9.73 Å². The molecule has 4 aromatic rings. The smallest absolute Gasteiger partial charge is 0.251 e. The molecule has 0 spiro atoms. The molecule has 0 saturated carbocycles. The molecule has 0 aliphatic heterocycles. The van der Waals surface area contributed by atoms with Gasteiger partial charge in [0.25, 0.3) is 5.91 Å². The predicted octanol–water partition coefficient (Wildman–Crippen LogP) is 4.56. The number of carbonyl (C=O) groups excluding carboxylic acids is 1. The molecule has 2 aromatic carbocycles. The molecular formula is C23H21N3O2. The first-order valence-electron chi connectivity index (χ1n) is 9.35. The molecule has 2 aromatic heterocycles. The van der Waals surface area contributed by atoms with E-state index in [0.717, 1.165) is 24.1 Å². The third-order valence-corrected chi connectivity index (χ3v) is 4.66. The van der Waals surface area contributed by atoms with Gasteiger partial charge in [0, 0.05) is 24.0 Å². The fraction of sp³-hybridized carbons (Fsp3) is 0.174. The zero-order valence-corrected chi connectivity index (χ0v) is 15.7. The lowest BCUT2D eigenvalue weighted by Gasteiger charge is -2.05. The average Bonchev–Trinajstić information content (AvgIpc) is 3.15. The van der Waals surface area contributed by atoms with Gasteiger partial charge in [0.05, 0.1) is 5.56 Å². The van der Waals surface area contributed by atoms with E-state index < -0.39 is 0 Å². The molecule has 140 valence electrons. The van der Waals surface area contributed by atoms with E-state index in [9.17, 15) is 4.79 Å². The number of nitrogens with one attached hydrogen (secondary N) is 1. The summed E-state index contributed by atoms with van der Waals surface area (Å²) in [4.78, 5) is 21.3. The van der Waals surface area contributed by atoms with Gasteiger partial charge in [-0.05, 0) is 55.7 Å². The van der Waals surface area contributed by atoms with E-state index in [0.29, 0.717) is 29.1 Å². The Morgan fingerprint density at radius 3 is 2.75 bits per heavy atom. The third kappa shape index (κ3) is 3.93. The van der Waals surface area contributed by atoms with Crippen LogP contribution in [0, 0.1) is 6.92 Å². The Bertz CT molecular complexity index is 1100. The van der Waals surface area contributed by atoms with Crippen molar-refractivity contribution < 1.29 is 9.21 Å². The minimum absolute atomic E-state index is 0.0999. The summed E-state index contributed by atoms with van der Waals surface area (Å²) in [7, 11) is 0. The number of fused-ring (bicyclic) bond motifs is 1. The Labute approximate surface area is 163 Å². The minimum atomic E-state index is -0.0999. The number of pyridine rings is 1. The lowest BCUT2D eigenvalue weighted by Crippen LogP contribution is -2.24. The molecule has 0 fully saturated rings. The number of aromatic nitrogens is 2. The Morgan fingerprint density at radius 2 is 1.93 bits per heavy atom. The van der Waals surface area contributed by atoms with E-state index in [1.807, 2.05) is 37.3 Å².